The van der Waals surface area contributed by atoms with E-state index < -0.39 is 0 Å². The van der Waals surface area contributed by atoms with Crippen LogP contribution in [0.4, 0.5) is 0 Å². The summed E-state index contributed by atoms with van der Waals surface area (Å²) in [7, 11) is 0. The van der Waals surface area contributed by atoms with Gasteiger partial charge in [0.1, 0.15) is 5.75 Å². The van der Waals surface area contributed by atoms with Crippen molar-refractivity contribution >= 4 is 17.5 Å². The lowest BCUT2D eigenvalue weighted by Crippen LogP contribution is -2.39. The second kappa shape index (κ2) is 7.71. The van der Waals surface area contributed by atoms with Crippen molar-refractivity contribution in [3.05, 3.63) is 64.7 Å². The normalized spacial score (nSPS) is 17.7. The molecule has 0 aromatic heterocycles. The first kappa shape index (κ1) is 16.8. The molecular weight excluding hydrogens is 322 g/mol. The van der Waals surface area contributed by atoms with E-state index in [9.17, 15) is 9.90 Å². The predicted octanol–water partition coefficient (Wildman–Crippen LogP) is 4.38. The number of hydrogen-bond acceptors (Lipinski definition) is 2. The largest absolute Gasteiger partial charge is 0.508 e. The van der Waals surface area contributed by atoms with Gasteiger partial charge in [-0.2, -0.15) is 0 Å². The first-order valence-electron chi connectivity index (χ1n) is 8.43. The number of benzene rings is 2. The zero-order chi connectivity index (χ0) is 16.9. The van der Waals surface area contributed by atoms with Crippen molar-refractivity contribution < 1.29 is 9.90 Å². The molecule has 0 saturated carbocycles. The number of halogens is 1. The van der Waals surface area contributed by atoms with E-state index in [1.807, 2.05) is 29.2 Å². The lowest BCUT2D eigenvalue weighted by Gasteiger charge is -2.33. The smallest absolute Gasteiger partial charge is 0.222 e. The van der Waals surface area contributed by atoms with Crippen molar-refractivity contribution in [3.8, 4) is 5.75 Å². The van der Waals surface area contributed by atoms with Crippen LogP contribution in [0.5, 0.6) is 5.75 Å². The molecular formula is C20H22ClNO2. The molecule has 24 heavy (non-hydrogen) atoms. The van der Waals surface area contributed by atoms with Gasteiger partial charge in [0.15, 0.2) is 0 Å². The SMILES string of the molecule is O=C(CCc1ccc(O)cc1)N1CCC[C@H](c2ccc(Cl)cc2)C1. The summed E-state index contributed by atoms with van der Waals surface area (Å²) in [5.74, 6) is 0.863. The molecule has 0 aliphatic carbocycles. The highest BCUT2D eigenvalue weighted by Crippen LogP contribution is 2.28. The van der Waals surface area contributed by atoms with Gasteiger partial charge >= 0.3 is 0 Å². The van der Waals surface area contributed by atoms with Crippen LogP contribution in [0.2, 0.25) is 5.02 Å². The molecule has 2 aromatic carbocycles. The zero-order valence-electron chi connectivity index (χ0n) is 13.6. The van der Waals surface area contributed by atoms with Crippen LogP contribution in [-0.4, -0.2) is 29.0 Å². The average Bonchev–Trinajstić information content (AvgIpc) is 2.62. The molecule has 0 bridgehead atoms. The Morgan fingerprint density at radius 1 is 1.12 bits per heavy atom. The summed E-state index contributed by atoms with van der Waals surface area (Å²) in [5, 5.41) is 10.1. The molecule has 126 valence electrons. The topological polar surface area (TPSA) is 40.5 Å². The second-order valence-electron chi connectivity index (χ2n) is 6.40. The fraction of sp³-hybridized carbons (Fsp3) is 0.350. The average molecular weight is 344 g/mol. The number of likely N-dealkylation sites (tertiary alicyclic amines) is 1. The van der Waals surface area contributed by atoms with Gasteiger partial charge < -0.3 is 10.0 Å². The number of carbonyl (C=O) groups is 1. The highest BCUT2D eigenvalue weighted by atomic mass is 35.5. The van der Waals surface area contributed by atoms with Crippen LogP contribution in [0.15, 0.2) is 48.5 Å². The van der Waals surface area contributed by atoms with E-state index in [1.165, 1.54) is 5.56 Å². The van der Waals surface area contributed by atoms with Crippen LogP contribution in [0.3, 0.4) is 0 Å². The molecule has 0 spiro atoms. The molecule has 0 unspecified atom stereocenters. The zero-order valence-corrected chi connectivity index (χ0v) is 14.4. The molecule has 2 aromatic rings. The molecule has 1 amide bonds. The summed E-state index contributed by atoms with van der Waals surface area (Å²) in [6, 6.07) is 15.0. The van der Waals surface area contributed by atoms with E-state index >= 15 is 0 Å². The Morgan fingerprint density at radius 2 is 1.83 bits per heavy atom. The Labute approximate surface area is 147 Å². The number of nitrogens with zero attached hydrogens (tertiary/aromatic N) is 1. The highest BCUT2D eigenvalue weighted by molar-refractivity contribution is 6.30. The number of aromatic hydroxyl groups is 1. The van der Waals surface area contributed by atoms with Gasteiger partial charge in [0.25, 0.3) is 0 Å². The maximum atomic E-state index is 12.5. The number of hydrogen-bond donors (Lipinski definition) is 1. The number of piperidine rings is 1. The molecule has 1 atom stereocenters. The van der Waals surface area contributed by atoms with E-state index in [0.717, 1.165) is 36.5 Å². The van der Waals surface area contributed by atoms with Gasteiger partial charge in [-0.3, -0.25) is 4.79 Å². The standard InChI is InChI=1S/C20H22ClNO2/c21-18-8-6-16(7-9-18)17-2-1-13-22(14-17)20(24)12-5-15-3-10-19(23)11-4-15/h3-4,6-11,17,23H,1-2,5,12-14H2/t17-/m0/s1. The van der Waals surface area contributed by atoms with Crippen molar-refractivity contribution in [1.82, 2.24) is 4.90 Å². The Balaban J connectivity index is 1.56. The molecule has 0 radical (unpaired) electrons. The van der Waals surface area contributed by atoms with Gasteiger partial charge in [0.2, 0.25) is 5.91 Å². The monoisotopic (exact) mass is 343 g/mol. The summed E-state index contributed by atoms with van der Waals surface area (Å²) >= 11 is 5.96. The lowest BCUT2D eigenvalue weighted by atomic mass is 9.90. The molecule has 1 heterocycles. The molecule has 3 nitrogen and oxygen atoms in total. The molecule has 1 aliphatic heterocycles. The lowest BCUT2D eigenvalue weighted by molar-refractivity contribution is -0.132. The van der Waals surface area contributed by atoms with Crippen LogP contribution in [-0.2, 0) is 11.2 Å². The third kappa shape index (κ3) is 4.30. The minimum Gasteiger partial charge on any atom is -0.508 e. The number of phenolic OH excluding ortho intramolecular Hbond substituents is 1. The van der Waals surface area contributed by atoms with E-state index in [4.69, 9.17) is 11.6 Å². The summed E-state index contributed by atoms with van der Waals surface area (Å²) in [6.07, 6.45) is 3.38. The second-order valence-corrected chi connectivity index (χ2v) is 6.83. The van der Waals surface area contributed by atoms with Crippen LogP contribution in [0.25, 0.3) is 0 Å². The minimum atomic E-state index is 0.210. The van der Waals surface area contributed by atoms with Gasteiger partial charge in [0.05, 0.1) is 0 Å². The van der Waals surface area contributed by atoms with E-state index in [1.54, 1.807) is 12.1 Å². The molecule has 3 rings (SSSR count). The minimum absolute atomic E-state index is 0.210. The van der Waals surface area contributed by atoms with Crippen molar-refractivity contribution in [2.75, 3.05) is 13.1 Å². The fourth-order valence-electron chi connectivity index (χ4n) is 3.28. The van der Waals surface area contributed by atoms with E-state index in [0.29, 0.717) is 18.8 Å². The van der Waals surface area contributed by atoms with Crippen LogP contribution >= 0.6 is 11.6 Å². The highest BCUT2D eigenvalue weighted by Gasteiger charge is 2.24. The molecule has 1 N–H and O–H groups in total. The van der Waals surface area contributed by atoms with Crippen LogP contribution < -0.4 is 0 Å². The van der Waals surface area contributed by atoms with Gasteiger partial charge in [-0.25, -0.2) is 0 Å². The maximum absolute atomic E-state index is 12.5. The van der Waals surface area contributed by atoms with E-state index in [-0.39, 0.29) is 11.7 Å². The fourth-order valence-corrected chi connectivity index (χ4v) is 3.41. The van der Waals surface area contributed by atoms with E-state index in [2.05, 4.69) is 12.1 Å². The summed E-state index contributed by atoms with van der Waals surface area (Å²) in [6.45, 7) is 1.63. The first-order valence-corrected chi connectivity index (χ1v) is 8.81. The van der Waals surface area contributed by atoms with Crippen molar-refractivity contribution in [2.45, 2.75) is 31.6 Å². The number of amides is 1. The Morgan fingerprint density at radius 3 is 2.54 bits per heavy atom. The van der Waals surface area contributed by atoms with Crippen molar-refractivity contribution in [1.29, 1.82) is 0 Å². The Hall–Kier alpha value is -2.00. The van der Waals surface area contributed by atoms with Crippen LogP contribution in [0, 0.1) is 0 Å². The maximum Gasteiger partial charge on any atom is 0.222 e. The van der Waals surface area contributed by atoms with Crippen LogP contribution in [0.1, 0.15) is 36.3 Å². The predicted molar refractivity (Wildman–Crippen MR) is 96.4 cm³/mol. The molecule has 1 aliphatic rings. The summed E-state index contributed by atoms with van der Waals surface area (Å²) < 4.78 is 0. The van der Waals surface area contributed by atoms with Crippen molar-refractivity contribution in [3.63, 3.8) is 0 Å². The Bertz CT molecular complexity index is 682. The number of carbonyl (C=O) groups excluding carboxylic acids is 1. The third-order valence-electron chi connectivity index (χ3n) is 4.68. The Kier molecular flexibility index (Phi) is 5.41. The van der Waals surface area contributed by atoms with Gasteiger partial charge in [-0.05, 0) is 54.7 Å². The third-order valence-corrected chi connectivity index (χ3v) is 4.93. The number of aryl methyl sites for hydroxylation is 1. The van der Waals surface area contributed by atoms with Gasteiger partial charge in [-0.1, -0.05) is 35.9 Å². The number of phenols is 1. The molecule has 4 heteroatoms. The van der Waals surface area contributed by atoms with Gasteiger partial charge in [0, 0.05) is 30.5 Å². The molecule has 1 fully saturated rings. The summed E-state index contributed by atoms with van der Waals surface area (Å²) in [5.41, 5.74) is 2.34. The van der Waals surface area contributed by atoms with Crippen molar-refractivity contribution in [2.24, 2.45) is 0 Å². The first-order chi connectivity index (χ1) is 11.6. The number of rotatable bonds is 4. The summed E-state index contributed by atoms with van der Waals surface area (Å²) in [4.78, 5) is 14.5. The van der Waals surface area contributed by atoms with Gasteiger partial charge in [-0.15, -0.1) is 0 Å². The quantitative estimate of drug-likeness (QED) is 0.894. The molecule has 1 saturated heterocycles.